The smallest absolute Gasteiger partial charge is 0.410 e. The van der Waals surface area contributed by atoms with Gasteiger partial charge in [0.25, 0.3) is 15.6 Å². The summed E-state index contributed by atoms with van der Waals surface area (Å²) >= 11 is 0. The molecule has 0 bridgehead atoms. The van der Waals surface area contributed by atoms with Crippen molar-refractivity contribution < 1.29 is 41.7 Å². The number of carbonyl (C=O) groups is 3. The number of piperazine rings is 1. The number of rotatable bonds is 17. The Kier molecular flexibility index (Phi) is 17.3. The number of piperidine rings is 1. The Balaban J connectivity index is 0.998. The van der Waals surface area contributed by atoms with Crippen LogP contribution in [0, 0.1) is 12.8 Å². The van der Waals surface area contributed by atoms with E-state index in [9.17, 15) is 27.6 Å². The SMILES string of the molecule is Cc1ccc(S(=O)(=O)n2ccc3c(-c4ccc5nc(N6CCC(CN7C[C@@H](C)N(C(=O)OC(C)(C)C)C[C@@H]7C)CC6)nc(C(COC(=O)N(C)CCN(C)C(=O)OCc6ccccc6)(OC6CC6)c6ccccc6)c5c4)cn(C)c(=O)c32)cc1. The first-order valence-electron chi connectivity index (χ1n) is 29.0. The zero-order valence-electron chi connectivity index (χ0n) is 49.6. The molecule has 3 aliphatic rings. The summed E-state index contributed by atoms with van der Waals surface area (Å²) in [6.45, 7) is 15.5. The van der Waals surface area contributed by atoms with Crippen molar-refractivity contribution in [2.24, 2.45) is 13.0 Å². The van der Waals surface area contributed by atoms with Crippen molar-refractivity contribution in [1.82, 2.24) is 38.1 Å². The molecule has 2 aliphatic heterocycles. The number of likely N-dealkylation sites (N-methyl/N-ethyl adjacent to an activating group) is 2. The molecule has 5 heterocycles. The number of nitrogens with zero attached hydrogens (tertiary/aromatic N) is 9. The second-order valence-electron chi connectivity index (χ2n) is 23.9. The summed E-state index contributed by atoms with van der Waals surface area (Å²) < 4.78 is 55.9. The molecule has 3 fully saturated rings. The van der Waals surface area contributed by atoms with E-state index in [2.05, 4.69) is 23.6 Å². The van der Waals surface area contributed by atoms with Crippen LogP contribution in [-0.4, -0.2) is 155 Å². The second-order valence-corrected chi connectivity index (χ2v) is 25.7. The van der Waals surface area contributed by atoms with Crippen LogP contribution in [0.2, 0.25) is 0 Å². The van der Waals surface area contributed by atoms with Crippen molar-refractivity contribution in [3.63, 3.8) is 0 Å². The number of amides is 3. The zero-order chi connectivity index (χ0) is 59.7. The summed E-state index contributed by atoms with van der Waals surface area (Å²) in [5, 5.41) is 1.03. The van der Waals surface area contributed by atoms with Crippen molar-refractivity contribution in [2.45, 2.75) is 108 Å². The first kappa shape index (κ1) is 59.4. The van der Waals surface area contributed by atoms with Gasteiger partial charge in [-0.15, -0.1) is 0 Å². The number of fused-ring (bicyclic) bond motifs is 2. The van der Waals surface area contributed by atoms with Crippen LogP contribution >= 0.6 is 0 Å². The van der Waals surface area contributed by atoms with Gasteiger partial charge in [0.15, 0.2) is 5.60 Å². The quantitative estimate of drug-likeness (QED) is 0.0783. The van der Waals surface area contributed by atoms with Crippen LogP contribution in [0.5, 0.6) is 0 Å². The van der Waals surface area contributed by atoms with Crippen LogP contribution in [0.15, 0.2) is 131 Å². The van der Waals surface area contributed by atoms with Crippen molar-refractivity contribution in [2.75, 3.05) is 71.4 Å². The maximum absolute atomic E-state index is 14.3. The fourth-order valence-corrected chi connectivity index (χ4v) is 12.5. The molecule has 3 atom stereocenters. The van der Waals surface area contributed by atoms with Gasteiger partial charge in [-0.2, -0.15) is 0 Å². The molecule has 4 aromatic carbocycles. The fourth-order valence-electron chi connectivity index (χ4n) is 11.2. The molecule has 0 radical (unpaired) electrons. The van der Waals surface area contributed by atoms with Gasteiger partial charge in [0.1, 0.15) is 24.3 Å². The van der Waals surface area contributed by atoms with Crippen LogP contribution in [0.1, 0.15) is 82.7 Å². The van der Waals surface area contributed by atoms with Gasteiger partial charge >= 0.3 is 18.3 Å². The minimum absolute atomic E-state index is 0.0000688. The average Bonchev–Trinajstić information content (AvgIpc) is 3.51. The highest BCUT2D eigenvalue weighted by molar-refractivity contribution is 7.90. The number of aromatic nitrogens is 4. The minimum Gasteiger partial charge on any atom is -0.446 e. The molecule has 20 heteroatoms. The molecule has 1 saturated carbocycles. The highest BCUT2D eigenvalue weighted by Gasteiger charge is 2.46. The van der Waals surface area contributed by atoms with Gasteiger partial charge in [0.05, 0.1) is 22.2 Å². The third kappa shape index (κ3) is 12.9. The van der Waals surface area contributed by atoms with Crippen LogP contribution in [0.25, 0.3) is 32.9 Å². The van der Waals surface area contributed by atoms with E-state index >= 15 is 0 Å². The van der Waals surface area contributed by atoms with Gasteiger partial charge in [-0.3, -0.25) is 9.69 Å². The van der Waals surface area contributed by atoms with E-state index in [0.717, 1.165) is 53.9 Å². The molecule has 3 amide bonds. The lowest BCUT2D eigenvalue weighted by Gasteiger charge is -2.46. The number of hydrogen-bond donors (Lipinski definition) is 0. The van der Waals surface area contributed by atoms with Crippen LogP contribution < -0.4 is 10.5 Å². The van der Waals surface area contributed by atoms with Crippen molar-refractivity contribution in [3.05, 3.63) is 154 Å². The van der Waals surface area contributed by atoms with E-state index in [0.29, 0.717) is 70.2 Å². The number of hydrogen-bond acceptors (Lipinski definition) is 14. The molecule has 0 spiro atoms. The molecule has 1 unspecified atom stereocenters. The number of ether oxygens (including phenoxy) is 4. The van der Waals surface area contributed by atoms with Crippen LogP contribution in [-0.2, 0) is 48.2 Å². The van der Waals surface area contributed by atoms with Crippen LogP contribution in [0.3, 0.4) is 0 Å². The van der Waals surface area contributed by atoms with Gasteiger partial charge < -0.3 is 43.1 Å². The molecule has 84 heavy (non-hydrogen) atoms. The summed E-state index contributed by atoms with van der Waals surface area (Å²) in [4.78, 5) is 74.8. The Morgan fingerprint density at radius 2 is 1.42 bits per heavy atom. The van der Waals surface area contributed by atoms with Crippen LogP contribution in [0.4, 0.5) is 20.3 Å². The third-order valence-electron chi connectivity index (χ3n) is 16.2. The van der Waals surface area contributed by atoms with E-state index < -0.39 is 39.0 Å². The van der Waals surface area contributed by atoms with Gasteiger partial charge in [0.2, 0.25) is 5.95 Å². The number of anilines is 1. The van der Waals surface area contributed by atoms with Crippen molar-refractivity contribution >= 4 is 56.1 Å². The predicted octanol–water partition coefficient (Wildman–Crippen LogP) is 9.80. The molecule has 444 valence electrons. The van der Waals surface area contributed by atoms with E-state index in [1.807, 2.05) is 111 Å². The molecule has 0 N–H and O–H groups in total. The first-order chi connectivity index (χ1) is 40.1. The fraction of sp³-hybridized carbons (Fsp3) is 0.438. The summed E-state index contributed by atoms with van der Waals surface area (Å²) in [5.41, 5.74) is 2.19. The third-order valence-corrected chi connectivity index (χ3v) is 17.9. The molecule has 19 nitrogen and oxygen atoms in total. The largest absolute Gasteiger partial charge is 0.446 e. The van der Waals surface area contributed by atoms with Gasteiger partial charge in [-0.1, -0.05) is 84.4 Å². The number of benzene rings is 4. The van der Waals surface area contributed by atoms with E-state index in [1.54, 1.807) is 45.5 Å². The van der Waals surface area contributed by atoms with Crippen molar-refractivity contribution in [3.8, 4) is 11.1 Å². The Labute approximate surface area is 491 Å². The molecule has 2 saturated heterocycles. The number of aryl methyl sites for hydroxylation is 2. The zero-order valence-corrected chi connectivity index (χ0v) is 50.4. The summed E-state index contributed by atoms with van der Waals surface area (Å²) in [6, 6.07) is 33.1. The highest BCUT2D eigenvalue weighted by Crippen LogP contribution is 2.44. The summed E-state index contributed by atoms with van der Waals surface area (Å²) in [6.07, 6.45) is 4.78. The van der Waals surface area contributed by atoms with Crippen molar-refractivity contribution in [1.29, 1.82) is 0 Å². The lowest BCUT2D eigenvalue weighted by molar-refractivity contribution is -0.0735. The Morgan fingerprint density at radius 1 is 0.762 bits per heavy atom. The van der Waals surface area contributed by atoms with Gasteiger partial charge in [0, 0.05) is 108 Å². The maximum atomic E-state index is 14.3. The first-order valence-corrected chi connectivity index (χ1v) is 30.4. The van der Waals surface area contributed by atoms with Gasteiger partial charge in [-0.25, -0.2) is 36.7 Å². The normalized spacial score (nSPS) is 17.9. The average molecular weight is 1160 g/mol. The topological polar surface area (TPSA) is 191 Å². The van der Waals surface area contributed by atoms with E-state index in [-0.39, 0.29) is 61.0 Å². The van der Waals surface area contributed by atoms with Gasteiger partial charge in [-0.05, 0) is 120 Å². The Morgan fingerprint density at radius 3 is 2.07 bits per heavy atom. The minimum atomic E-state index is -4.18. The molecule has 10 rings (SSSR count). The standard InChI is InChI=1S/C64H77N9O10S/c1-43-20-25-51(26-21-43)84(78,79)73-33-30-52-54(40-69(9)58(74)56(52)73)48-22-27-55-53(36-48)57(66-59(65-55)70-31-28-46(29-32-70)39-71-37-45(3)72(38-44(71)2)62(77)83-63(4,5)6)64(82-50-23-24-50,49-18-14-11-15-19-49)42-81-61(76)68(8)35-34-67(7)60(75)80-41-47-16-12-10-13-17-47/h10-22,25-27,30,33,36,40,44-46,50H,23-24,28-29,31-32,34-35,37-39,41-42H2,1-9H3/t44-,45+,64?/m0/s1. The number of carbonyl (C=O) groups excluding carboxylic acids is 3. The lowest BCUT2D eigenvalue weighted by atomic mass is 9.87. The Bertz CT molecular complexity index is 3690. The predicted molar refractivity (Wildman–Crippen MR) is 322 cm³/mol. The van der Waals surface area contributed by atoms with E-state index in [1.165, 1.54) is 32.7 Å². The maximum Gasteiger partial charge on any atom is 0.410 e. The summed E-state index contributed by atoms with van der Waals surface area (Å²) in [7, 11) is 0.650. The lowest BCUT2D eigenvalue weighted by Crippen LogP contribution is -2.59. The molecular formula is C64H77N9O10S. The molecule has 3 aromatic heterocycles. The number of pyridine rings is 1. The molecule has 1 aliphatic carbocycles. The highest BCUT2D eigenvalue weighted by atomic mass is 32.2. The summed E-state index contributed by atoms with van der Waals surface area (Å²) in [5.74, 6) is 0.870. The van der Waals surface area contributed by atoms with E-state index in [4.69, 9.17) is 28.9 Å². The monoisotopic (exact) mass is 1160 g/mol. The molecule has 7 aromatic rings. The second kappa shape index (κ2) is 24.4. The Hall–Kier alpha value is -7.81. The molecular weight excluding hydrogens is 1090 g/mol.